The number of halogens is 1. The summed E-state index contributed by atoms with van der Waals surface area (Å²) in [4.78, 5) is 2.54. The highest BCUT2D eigenvalue weighted by atomic mass is 79.9. The van der Waals surface area contributed by atoms with Gasteiger partial charge >= 0.3 is 0 Å². The highest BCUT2D eigenvalue weighted by molar-refractivity contribution is 9.10. The van der Waals surface area contributed by atoms with Crippen LogP contribution in [0, 0.1) is 11.8 Å². The monoisotopic (exact) mass is 352 g/mol. The van der Waals surface area contributed by atoms with Crippen molar-refractivity contribution < 1.29 is 5.11 Å². The molecule has 2 fully saturated rings. The van der Waals surface area contributed by atoms with E-state index in [2.05, 4.69) is 50.4 Å². The molecule has 0 bridgehead atoms. The van der Waals surface area contributed by atoms with Crippen molar-refractivity contribution in [2.24, 2.45) is 11.8 Å². The lowest BCUT2D eigenvalue weighted by Crippen LogP contribution is -2.28. The Morgan fingerprint density at radius 3 is 2.71 bits per heavy atom. The summed E-state index contributed by atoms with van der Waals surface area (Å²) in [5, 5.41) is 13.4. The summed E-state index contributed by atoms with van der Waals surface area (Å²) in [7, 11) is 2.04. The second kappa shape index (κ2) is 6.78. The first-order valence-corrected chi connectivity index (χ1v) is 8.80. The molecule has 1 aliphatic heterocycles. The Bertz CT molecular complexity index is 464. The molecule has 0 spiro atoms. The predicted molar refractivity (Wildman–Crippen MR) is 89.2 cm³/mol. The van der Waals surface area contributed by atoms with Gasteiger partial charge in [-0.25, -0.2) is 0 Å². The first-order chi connectivity index (χ1) is 10.2. The number of aliphatic hydroxyl groups is 1. The van der Waals surface area contributed by atoms with E-state index in [4.69, 9.17) is 0 Å². The first-order valence-electron chi connectivity index (χ1n) is 8.00. The van der Waals surface area contributed by atoms with Crippen LogP contribution in [-0.2, 0) is 0 Å². The molecule has 4 heteroatoms. The van der Waals surface area contributed by atoms with Gasteiger partial charge in [0.05, 0.1) is 6.10 Å². The van der Waals surface area contributed by atoms with Gasteiger partial charge in [0, 0.05) is 29.5 Å². The Balaban J connectivity index is 1.53. The number of nitrogens with zero attached hydrogens (tertiary/aromatic N) is 1. The lowest BCUT2D eigenvalue weighted by Gasteiger charge is -2.22. The highest BCUT2D eigenvalue weighted by Crippen LogP contribution is 2.38. The molecule has 3 nitrogen and oxygen atoms in total. The molecule has 1 aliphatic carbocycles. The number of hydrogen-bond donors (Lipinski definition) is 2. The number of rotatable bonds is 5. The van der Waals surface area contributed by atoms with Gasteiger partial charge in [-0.05, 0) is 56.5 Å². The van der Waals surface area contributed by atoms with Crippen molar-refractivity contribution in [3.05, 3.63) is 34.3 Å². The SMILES string of the molecule is CNC(CCN1CC2CCC(O)C2C1)c1ccc(Br)cc1. The van der Waals surface area contributed by atoms with Crippen LogP contribution in [0.5, 0.6) is 0 Å². The first kappa shape index (κ1) is 15.5. The van der Waals surface area contributed by atoms with Gasteiger partial charge in [0.25, 0.3) is 0 Å². The standard InChI is InChI=1S/C17H25BrN2O/c1-19-16(12-2-5-14(18)6-3-12)8-9-20-10-13-4-7-17(21)15(13)11-20/h2-3,5-6,13,15-17,19,21H,4,7-11H2,1H3. The Labute approximate surface area is 135 Å². The van der Waals surface area contributed by atoms with Gasteiger partial charge in [0.1, 0.15) is 0 Å². The number of nitrogens with one attached hydrogen (secondary N) is 1. The lowest BCUT2D eigenvalue weighted by atomic mass is 10.00. The summed E-state index contributed by atoms with van der Waals surface area (Å²) >= 11 is 3.49. The fraction of sp³-hybridized carbons (Fsp3) is 0.647. The van der Waals surface area contributed by atoms with E-state index in [9.17, 15) is 5.11 Å². The fourth-order valence-corrected chi connectivity index (χ4v) is 4.26. The molecule has 4 unspecified atom stereocenters. The molecule has 4 atom stereocenters. The van der Waals surface area contributed by atoms with E-state index >= 15 is 0 Å². The minimum atomic E-state index is -0.0495. The Kier molecular flexibility index (Phi) is 4.99. The van der Waals surface area contributed by atoms with Crippen LogP contribution >= 0.6 is 15.9 Å². The van der Waals surface area contributed by atoms with Gasteiger partial charge in [-0.15, -0.1) is 0 Å². The maximum Gasteiger partial charge on any atom is 0.0583 e. The van der Waals surface area contributed by atoms with E-state index in [0.717, 1.165) is 36.3 Å². The molecule has 2 aliphatic rings. The van der Waals surface area contributed by atoms with Gasteiger partial charge in [-0.1, -0.05) is 28.1 Å². The van der Waals surface area contributed by atoms with Gasteiger partial charge < -0.3 is 15.3 Å². The second-order valence-corrected chi connectivity index (χ2v) is 7.43. The highest BCUT2D eigenvalue weighted by Gasteiger charge is 2.41. The maximum absolute atomic E-state index is 10.0. The van der Waals surface area contributed by atoms with Crippen LogP contribution in [0.4, 0.5) is 0 Å². The molecule has 3 rings (SSSR count). The third-order valence-corrected chi connectivity index (χ3v) is 5.78. The molecule has 116 valence electrons. The summed E-state index contributed by atoms with van der Waals surface area (Å²) in [5.74, 6) is 1.27. The van der Waals surface area contributed by atoms with Crippen LogP contribution in [-0.4, -0.2) is 42.8 Å². The molecule has 0 aromatic heterocycles. The molecule has 0 radical (unpaired) electrons. The third kappa shape index (κ3) is 3.50. The van der Waals surface area contributed by atoms with Gasteiger partial charge in [0.15, 0.2) is 0 Å². The summed E-state index contributed by atoms with van der Waals surface area (Å²) < 4.78 is 1.13. The lowest BCUT2D eigenvalue weighted by molar-refractivity contribution is 0.124. The van der Waals surface area contributed by atoms with Crippen LogP contribution in [0.2, 0.25) is 0 Å². The zero-order valence-corrected chi connectivity index (χ0v) is 14.2. The summed E-state index contributed by atoms with van der Waals surface area (Å²) in [6.07, 6.45) is 3.30. The van der Waals surface area contributed by atoms with E-state index in [-0.39, 0.29) is 6.10 Å². The quantitative estimate of drug-likeness (QED) is 0.855. The molecule has 21 heavy (non-hydrogen) atoms. The Hall–Kier alpha value is -0.420. The van der Waals surface area contributed by atoms with Crippen LogP contribution in [0.15, 0.2) is 28.7 Å². The minimum Gasteiger partial charge on any atom is -0.393 e. The molecule has 1 saturated heterocycles. The van der Waals surface area contributed by atoms with Crippen molar-refractivity contribution in [2.75, 3.05) is 26.7 Å². The number of benzene rings is 1. The van der Waals surface area contributed by atoms with Gasteiger partial charge in [-0.3, -0.25) is 0 Å². The topological polar surface area (TPSA) is 35.5 Å². The van der Waals surface area contributed by atoms with E-state index in [1.54, 1.807) is 0 Å². The van der Waals surface area contributed by atoms with Crippen molar-refractivity contribution >= 4 is 15.9 Å². The molecule has 0 amide bonds. The third-order valence-electron chi connectivity index (χ3n) is 5.25. The summed E-state index contributed by atoms with van der Waals surface area (Å²) in [5.41, 5.74) is 1.35. The molecular weight excluding hydrogens is 328 g/mol. The van der Waals surface area contributed by atoms with E-state index < -0.39 is 0 Å². The van der Waals surface area contributed by atoms with E-state index in [1.807, 2.05) is 7.05 Å². The minimum absolute atomic E-state index is 0.0495. The second-order valence-electron chi connectivity index (χ2n) is 6.51. The van der Waals surface area contributed by atoms with Crippen molar-refractivity contribution in [3.8, 4) is 0 Å². The smallest absolute Gasteiger partial charge is 0.0583 e. The van der Waals surface area contributed by atoms with Gasteiger partial charge in [0.2, 0.25) is 0 Å². The maximum atomic E-state index is 10.0. The number of likely N-dealkylation sites (tertiary alicyclic amines) is 1. The average molecular weight is 353 g/mol. The fourth-order valence-electron chi connectivity index (χ4n) is 4.00. The van der Waals surface area contributed by atoms with Crippen LogP contribution in [0.3, 0.4) is 0 Å². The van der Waals surface area contributed by atoms with E-state index in [0.29, 0.717) is 12.0 Å². The molecule has 1 aromatic carbocycles. The summed E-state index contributed by atoms with van der Waals surface area (Å²) in [6, 6.07) is 9.00. The number of hydrogen-bond acceptors (Lipinski definition) is 3. The zero-order chi connectivity index (χ0) is 14.8. The average Bonchev–Trinajstić information content (AvgIpc) is 3.04. The van der Waals surface area contributed by atoms with Crippen molar-refractivity contribution in [1.82, 2.24) is 10.2 Å². The van der Waals surface area contributed by atoms with E-state index in [1.165, 1.54) is 18.5 Å². The zero-order valence-electron chi connectivity index (χ0n) is 12.6. The van der Waals surface area contributed by atoms with Gasteiger partial charge in [-0.2, -0.15) is 0 Å². The van der Waals surface area contributed by atoms with Crippen LogP contribution < -0.4 is 5.32 Å². The van der Waals surface area contributed by atoms with Crippen LogP contribution in [0.1, 0.15) is 30.9 Å². The molecule has 1 heterocycles. The normalized spacial score (nSPS) is 30.5. The van der Waals surface area contributed by atoms with Crippen molar-refractivity contribution in [3.63, 3.8) is 0 Å². The number of fused-ring (bicyclic) bond motifs is 1. The Morgan fingerprint density at radius 2 is 2.05 bits per heavy atom. The molecule has 1 aromatic rings. The molecular formula is C17H25BrN2O. The predicted octanol–water partition coefficient (Wildman–Crippen LogP) is 2.80. The number of aliphatic hydroxyl groups excluding tert-OH is 1. The van der Waals surface area contributed by atoms with Crippen molar-refractivity contribution in [1.29, 1.82) is 0 Å². The largest absolute Gasteiger partial charge is 0.393 e. The molecule has 2 N–H and O–H groups in total. The molecule has 1 saturated carbocycles. The van der Waals surface area contributed by atoms with Crippen LogP contribution in [0.25, 0.3) is 0 Å². The Morgan fingerprint density at radius 1 is 1.29 bits per heavy atom. The van der Waals surface area contributed by atoms with Crippen molar-refractivity contribution in [2.45, 2.75) is 31.4 Å². The summed E-state index contributed by atoms with van der Waals surface area (Å²) in [6.45, 7) is 3.38.